The lowest BCUT2D eigenvalue weighted by Gasteiger charge is -2.20. The Morgan fingerprint density at radius 3 is 3.07 bits per heavy atom. The molecular weight excluding hydrogens is 216 g/mol. The van der Waals surface area contributed by atoms with Crippen LogP contribution < -0.4 is 11.1 Å². The first kappa shape index (κ1) is 10.0. The van der Waals surface area contributed by atoms with E-state index in [1.807, 2.05) is 0 Å². The summed E-state index contributed by atoms with van der Waals surface area (Å²) in [5.74, 6) is 1.67. The van der Waals surface area contributed by atoms with E-state index in [4.69, 9.17) is 5.73 Å². The zero-order valence-electron chi connectivity index (χ0n) is 7.90. The van der Waals surface area contributed by atoms with E-state index < -0.39 is 0 Å². The fourth-order valence-electron chi connectivity index (χ4n) is 1.48. The number of aromatic nitrogens is 2. The van der Waals surface area contributed by atoms with Crippen molar-refractivity contribution in [3.63, 3.8) is 0 Å². The number of thioether (sulfide) groups is 1. The van der Waals surface area contributed by atoms with Crippen molar-refractivity contribution in [1.29, 1.82) is 0 Å². The molecule has 0 radical (unpaired) electrons. The van der Waals surface area contributed by atoms with Gasteiger partial charge in [0.2, 0.25) is 11.1 Å². The van der Waals surface area contributed by atoms with E-state index in [1.54, 1.807) is 0 Å². The monoisotopic (exact) mass is 230 g/mol. The predicted octanol–water partition coefficient (Wildman–Crippen LogP) is 1.82. The van der Waals surface area contributed by atoms with Crippen LogP contribution in [0.1, 0.15) is 19.3 Å². The quantitative estimate of drug-likeness (QED) is 0.829. The van der Waals surface area contributed by atoms with Gasteiger partial charge in [0.25, 0.3) is 0 Å². The average Bonchev–Trinajstić information content (AvgIpc) is 2.63. The molecule has 6 heteroatoms. The Balaban J connectivity index is 1.76. The van der Waals surface area contributed by atoms with Gasteiger partial charge < -0.3 is 11.1 Å². The molecule has 3 N–H and O–H groups in total. The van der Waals surface area contributed by atoms with Crippen molar-refractivity contribution in [3.8, 4) is 0 Å². The van der Waals surface area contributed by atoms with Crippen LogP contribution in [-0.2, 0) is 0 Å². The largest absolute Gasteiger partial charge is 0.367 e. The Morgan fingerprint density at radius 2 is 2.43 bits per heavy atom. The van der Waals surface area contributed by atoms with Gasteiger partial charge in [0.05, 0.1) is 0 Å². The zero-order valence-corrected chi connectivity index (χ0v) is 9.53. The van der Waals surface area contributed by atoms with E-state index in [2.05, 4.69) is 26.4 Å². The maximum Gasteiger partial charge on any atom is 0.233 e. The molecule has 0 aromatic carbocycles. The van der Waals surface area contributed by atoms with E-state index in [0.717, 1.165) is 16.9 Å². The molecule has 1 unspecified atom stereocenters. The summed E-state index contributed by atoms with van der Waals surface area (Å²) in [6, 6.07) is 0. The fourth-order valence-corrected chi connectivity index (χ4v) is 3.22. The lowest BCUT2D eigenvalue weighted by molar-refractivity contribution is 0.677. The van der Waals surface area contributed by atoms with Gasteiger partial charge in [-0.1, -0.05) is 6.42 Å². The third-order valence-corrected chi connectivity index (χ3v) is 4.28. The number of nitrogens with two attached hydrogens (primary N) is 1. The van der Waals surface area contributed by atoms with Crippen LogP contribution in [0.2, 0.25) is 0 Å². The van der Waals surface area contributed by atoms with Crippen LogP contribution in [0.4, 0.5) is 11.1 Å². The Kier molecular flexibility index (Phi) is 3.47. The minimum Gasteiger partial charge on any atom is -0.367 e. The molecule has 1 aromatic rings. The average molecular weight is 230 g/mol. The third-order valence-electron chi connectivity index (χ3n) is 2.20. The molecule has 0 bridgehead atoms. The molecule has 1 atom stereocenters. The third kappa shape index (κ3) is 2.75. The van der Waals surface area contributed by atoms with Gasteiger partial charge in [-0.15, -0.1) is 0 Å². The Bertz CT molecular complexity index is 283. The molecule has 1 aliphatic rings. The molecular formula is C8H14N4S2. The van der Waals surface area contributed by atoms with Gasteiger partial charge in [-0.2, -0.15) is 21.1 Å². The van der Waals surface area contributed by atoms with E-state index in [0.29, 0.717) is 5.95 Å². The summed E-state index contributed by atoms with van der Waals surface area (Å²) < 4.78 is 3.92. The molecule has 0 aliphatic carbocycles. The molecule has 78 valence electrons. The second-order valence-corrected chi connectivity index (χ2v) is 5.49. The highest BCUT2D eigenvalue weighted by molar-refractivity contribution is 7.99. The molecule has 0 spiro atoms. The van der Waals surface area contributed by atoms with E-state index in [-0.39, 0.29) is 0 Å². The Labute approximate surface area is 91.8 Å². The standard InChI is InChI=1S/C8H14N4S2/c9-7-11-8(14-12-7)10-5-6-3-1-2-4-13-6/h6H,1-5H2,(H3,9,10,11,12). The molecule has 1 aromatic heterocycles. The summed E-state index contributed by atoms with van der Waals surface area (Å²) in [5, 5.41) is 4.85. The maximum absolute atomic E-state index is 5.43. The van der Waals surface area contributed by atoms with E-state index in [1.165, 1.54) is 36.5 Å². The second kappa shape index (κ2) is 4.84. The zero-order chi connectivity index (χ0) is 9.80. The van der Waals surface area contributed by atoms with Gasteiger partial charge in [-0.05, 0) is 18.6 Å². The van der Waals surface area contributed by atoms with Gasteiger partial charge in [-0.25, -0.2) is 0 Å². The highest BCUT2D eigenvalue weighted by Gasteiger charge is 2.13. The minimum absolute atomic E-state index is 0.369. The van der Waals surface area contributed by atoms with Crippen LogP contribution in [0, 0.1) is 0 Å². The Morgan fingerprint density at radius 1 is 1.50 bits per heavy atom. The first-order valence-corrected chi connectivity index (χ1v) is 6.61. The minimum atomic E-state index is 0.369. The van der Waals surface area contributed by atoms with Crippen molar-refractivity contribution in [3.05, 3.63) is 0 Å². The van der Waals surface area contributed by atoms with Gasteiger partial charge in [-0.3, -0.25) is 0 Å². The number of rotatable bonds is 3. The van der Waals surface area contributed by atoms with Gasteiger partial charge in [0.1, 0.15) is 0 Å². The van der Waals surface area contributed by atoms with Crippen LogP contribution in [0.15, 0.2) is 0 Å². The molecule has 2 heterocycles. The van der Waals surface area contributed by atoms with Gasteiger partial charge in [0.15, 0.2) is 0 Å². The topological polar surface area (TPSA) is 63.8 Å². The van der Waals surface area contributed by atoms with Crippen molar-refractivity contribution in [1.82, 2.24) is 9.36 Å². The van der Waals surface area contributed by atoms with Crippen LogP contribution >= 0.6 is 23.3 Å². The molecule has 14 heavy (non-hydrogen) atoms. The fraction of sp³-hybridized carbons (Fsp3) is 0.750. The summed E-state index contributed by atoms with van der Waals surface area (Å²) >= 11 is 3.38. The van der Waals surface area contributed by atoms with Crippen molar-refractivity contribution in [2.24, 2.45) is 0 Å². The number of nitrogens with one attached hydrogen (secondary N) is 1. The van der Waals surface area contributed by atoms with E-state index in [9.17, 15) is 0 Å². The molecule has 2 rings (SSSR count). The van der Waals surface area contributed by atoms with Crippen LogP contribution in [0.3, 0.4) is 0 Å². The number of hydrogen-bond acceptors (Lipinski definition) is 6. The number of anilines is 2. The maximum atomic E-state index is 5.43. The number of nitrogens with zero attached hydrogens (tertiary/aromatic N) is 2. The lowest BCUT2D eigenvalue weighted by Crippen LogP contribution is -2.19. The van der Waals surface area contributed by atoms with Crippen LogP contribution in [0.25, 0.3) is 0 Å². The molecule has 1 aliphatic heterocycles. The predicted molar refractivity (Wildman–Crippen MR) is 62.9 cm³/mol. The first-order valence-electron chi connectivity index (χ1n) is 4.79. The first-order chi connectivity index (χ1) is 6.84. The SMILES string of the molecule is Nc1nsc(NCC2CCCCS2)n1. The van der Waals surface area contributed by atoms with Crippen molar-refractivity contribution >= 4 is 34.4 Å². The highest BCUT2D eigenvalue weighted by atomic mass is 32.2. The molecule has 0 amide bonds. The molecule has 1 saturated heterocycles. The van der Waals surface area contributed by atoms with Gasteiger partial charge >= 0.3 is 0 Å². The molecule has 4 nitrogen and oxygen atoms in total. The van der Waals surface area contributed by atoms with Crippen molar-refractivity contribution in [2.75, 3.05) is 23.3 Å². The van der Waals surface area contributed by atoms with Gasteiger partial charge in [0, 0.05) is 23.3 Å². The Hall–Kier alpha value is -0.490. The summed E-state index contributed by atoms with van der Waals surface area (Å²) in [6.45, 7) is 0.985. The van der Waals surface area contributed by atoms with Crippen LogP contribution in [-0.4, -0.2) is 26.9 Å². The number of nitrogen functional groups attached to an aromatic ring is 1. The van der Waals surface area contributed by atoms with Crippen molar-refractivity contribution < 1.29 is 0 Å². The molecule has 1 fully saturated rings. The summed E-state index contributed by atoms with van der Waals surface area (Å²) in [4.78, 5) is 4.06. The summed E-state index contributed by atoms with van der Waals surface area (Å²) in [6.07, 6.45) is 4.04. The van der Waals surface area contributed by atoms with Crippen LogP contribution in [0.5, 0.6) is 0 Å². The highest BCUT2D eigenvalue weighted by Crippen LogP contribution is 2.25. The van der Waals surface area contributed by atoms with E-state index >= 15 is 0 Å². The summed E-state index contributed by atoms with van der Waals surface area (Å²) in [7, 11) is 0. The lowest BCUT2D eigenvalue weighted by atomic mass is 10.2. The van der Waals surface area contributed by atoms with Crippen molar-refractivity contribution in [2.45, 2.75) is 24.5 Å². The second-order valence-electron chi connectivity index (χ2n) is 3.33. The smallest absolute Gasteiger partial charge is 0.233 e. The molecule has 0 saturated carbocycles. The number of hydrogen-bond donors (Lipinski definition) is 2. The summed E-state index contributed by atoms with van der Waals surface area (Å²) in [5.41, 5.74) is 5.43. The normalized spacial score (nSPS) is 22.1.